The SMILES string of the molecule is C[C@H]1CC(c2cccc(F)c2OCc2ccc(F)c3cc(Cl)oc23)CCN1. The molecular formula is C21H20ClF2NO2. The fourth-order valence-electron chi connectivity index (χ4n) is 3.79. The average Bonchev–Trinajstić information content (AvgIpc) is 3.04. The minimum absolute atomic E-state index is 0.0646. The van der Waals surface area contributed by atoms with Crippen LogP contribution >= 0.6 is 11.6 Å². The second kappa shape index (κ2) is 7.49. The van der Waals surface area contributed by atoms with E-state index in [2.05, 4.69) is 12.2 Å². The monoisotopic (exact) mass is 391 g/mol. The van der Waals surface area contributed by atoms with Gasteiger partial charge in [-0.2, -0.15) is 0 Å². The molecule has 27 heavy (non-hydrogen) atoms. The van der Waals surface area contributed by atoms with Gasteiger partial charge < -0.3 is 14.5 Å². The molecule has 0 radical (unpaired) electrons. The number of hydrogen-bond acceptors (Lipinski definition) is 3. The molecule has 3 aromatic rings. The lowest BCUT2D eigenvalue weighted by molar-refractivity contribution is 0.279. The maximum absolute atomic E-state index is 14.5. The van der Waals surface area contributed by atoms with E-state index in [9.17, 15) is 8.78 Å². The molecule has 1 aliphatic rings. The van der Waals surface area contributed by atoms with E-state index < -0.39 is 11.6 Å². The Hall–Kier alpha value is -2.11. The lowest BCUT2D eigenvalue weighted by Crippen LogP contribution is -2.35. The molecule has 4 rings (SSSR count). The first-order valence-corrected chi connectivity index (χ1v) is 9.41. The quantitative estimate of drug-likeness (QED) is 0.610. The molecule has 0 saturated carbocycles. The number of benzene rings is 2. The minimum atomic E-state index is -0.417. The van der Waals surface area contributed by atoms with E-state index in [1.165, 1.54) is 18.2 Å². The van der Waals surface area contributed by atoms with Crippen LogP contribution in [0.25, 0.3) is 11.0 Å². The molecule has 0 amide bonds. The van der Waals surface area contributed by atoms with Gasteiger partial charge in [0.15, 0.2) is 16.8 Å². The Morgan fingerprint density at radius 1 is 1.22 bits per heavy atom. The molecule has 2 atom stereocenters. The van der Waals surface area contributed by atoms with Crippen molar-refractivity contribution >= 4 is 22.6 Å². The topological polar surface area (TPSA) is 34.4 Å². The normalized spacial score (nSPS) is 20.1. The molecule has 3 nitrogen and oxygen atoms in total. The molecule has 1 fully saturated rings. The van der Waals surface area contributed by atoms with Crippen LogP contribution in [0, 0.1) is 11.6 Å². The molecule has 0 bridgehead atoms. The zero-order valence-corrected chi connectivity index (χ0v) is 15.7. The van der Waals surface area contributed by atoms with Gasteiger partial charge in [-0.15, -0.1) is 0 Å². The van der Waals surface area contributed by atoms with E-state index >= 15 is 0 Å². The molecule has 2 heterocycles. The van der Waals surface area contributed by atoms with Crippen molar-refractivity contribution in [1.29, 1.82) is 0 Å². The van der Waals surface area contributed by atoms with Crippen molar-refractivity contribution in [2.24, 2.45) is 0 Å². The van der Waals surface area contributed by atoms with Crippen LogP contribution in [0.5, 0.6) is 5.75 Å². The first-order chi connectivity index (χ1) is 13.0. The van der Waals surface area contributed by atoms with Crippen LogP contribution in [-0.2, 0) is 6.61 Å². The van der Waals surface area contributed by atoms with Crippen molar-refractivity contribution in [1.82, 2.24) is 5.32 Å². The highest BCUT2D eigenvalue weighted by molar-refractivity contribution is 6.29. The standard InChI is InChI=1S/C21H20ClF2NO2/c1-12-9-13(7-8-25-12)15-3-2-4-18(24)21(15)26-11-14-5-6-17(23)16-10-19(22)27-20(14)16/h2-6,10,12-13,25H,7-9,11H2,1H3/t12-,13?/m0/s1. The Bertz CT molecular complexity index is 972. The number of rotatable bonds is 4. The third kappa shape index (κ3) is 3.66. The van der Waals surface area contributed by atoms with Crippen LogP contribution < -0.4 is 10.1 Å². The number of ether oxygens (including phenoxy) is 1. The van der Waals surface area contributed by atoms with Crippen molar-refractivity contribution in [3.05, 3.63) is 64.4 Å². The summed E-state index contributed by atoms with van der Waals surface area (Å²) in [5, 5.41) is 3.80. The summed E-state index contributed by atoms with van der Waals surface area (Å²) >= 11 is 5.87. The van der Waals surface area contributed by atoms with Crippen molar-refractivity contribution in [3.8, 4) is 5.75 Å². The molecule has 1 aliphatic heterocycles. The number of hydrogen-bond donors (Lipinski definition) is 1. The lowest BCUT2D eigenvalue weighted by atomic mass is 9.86. The van der Waals surface area contributed by atoms with Crippen molar-refractivity contribution in [3.63, 3.8) is 0 Å². The second-order valence-electron chi connectivity index (χ2n) is 7.02. The van der Waals surface area contributed by atoms with Gasteiger partial charge in [-0.05, 0) is 62.0 Å². The van der Waals surface area contributed by atoms with Gasteiger partial charge in [0.25, 0.3) is 0 Å². The Morgan fingerprint density at radius 2 is 2.07 bits per heavy atom. The maximum Gasteiger partial charge on any atom is 0.194 e. The van der Waals surface area contributed by atoms with Gasteiger partial charge in [0, 0.05) is 23.2 Å². The van der Waals surface area contributed by atoms with Crippen molar-refractivity contribution in [2.75, 3.05) is 6.54 Å². The van der Waals surface area contributed by atoms with Gasteiger partial charge >= 0.3 is 0 Å². The summed E-state index contributed by atoms with van der Waals surface area (Å²) in [6.45, 7) is 3.09. The summed E-state index contributed by atoms with van der Waals surface area (Å²) in [5.41, 5.74) is 1.82. The highest BCUT2D eigenvalue weighted by Crippen LogP contribution is 2.37. The van der Waals surface area contributed by atoms with Crippen LogP contribution in [-0.4, -0.2) is 12.6 Å². The number of fused-ring (bicyclic) bond motifs is 1. The Labute approximate surface area is 161 Å². The highest BCUT2D eigenvalue weighted by atomic mass is 35.5. The van der Waals surface area contributed by atoms with Crippen LogP contribution in [0.3, 0.4) is 0 Å². The van der Waals surface area contributed by atoms with E-state index in [0.717, 1.165) is 24.9 Å². The van der Waals surface area contributed by atoms with Gasteiger partial charge in [-0.25, -0.2) is 8.78 Å². The maximum atomic E-state index is 14.5. The summed E-state index contributed by atoms with van der Waals surface area (Å²) in [5.74, 6) is -0.320. The Balaban J connectivity index is 1.63. The van der Waals surface area contributed by atoms with Crippen molar-refractivity contribution < 1.29 is 17.9 Å². The zero-order chi connectivity index (χ0) is 19.0. The lowest BCUT2D eigenvalue weighted by Gasteiger charge is -2.29. The molecule has 1 saturated heterocycles. The molecule has 142 valence electrons. The Morgan fingerprint density at radius 3 is 2.89 bits per heavy atom. The van der Waals surface area contributed by atoms with E-state index in [1.807, 2.05) is 6.07 Å². The van der Waals surface area contributed by atoms with Crippen LogP contribution in [0.4, 0.5) is 8.78 Å². The molecule has 1 aromatic heterocycles. The van der Waals surface area contributed by atoms with Gasteiger partial charge in [0.05, 0.1) is 5.39 Å². The van der Waals surface area contributed by atoms with Gasteiger partial charge in [-0.3, -0.25) is 0 Å². The number of nitrogens with one attached hydrogen (secondary N) is 1. The van der Waals surface area contributed by atoms with Crippen LogP contribution in [0.2, 0.25) is 5.22 Å². The molecule has 1 N–H and O–H groups in total. The number of furan rings is 1. The predicted octanol–water partition coefficient (Wildman–Crippen LogP) is 5.80. The predicted molar refractivity (Wildman–Crippen MR) is 101 cm³/mol. The zero-order valence-electron chi connectivity index (χ0n) is 14.9. The van der Waals surface area contributed by atoms with E-state index in [4.69, 9.17) is 20.8 Å². The van der Waals surface area contributed by atoms with E-state index in [-0.39, 0.29) is 23.5 Å². The van der Waals surface area contributed by atoms with Crippen LogP contribution in [0.15, 0.2) is 40.8 Å². The molecule has 6 heteroatoms. The van der Waals surface area contributed by atoms with Crippen molar-refractivity contribution in [2.45, 2.75) is 38.3 Å². The fourth-order valence-corrected chi connectivity index (χ4v) is 3.98. The summed E-state index contributed by atoms with van der Waals surface area (Å²) in [6, 6.07) is 9.75. The van der Waals surface area contributed by atoms with E-state index in [0.29, 0.717) is 22.6 Å². The smallest absolute Gasteiger partial charge is 0.194 e. The molecule has 1 unspecified atom stereocenters. The van der Waals surface area contributed by atoms with Crippen LogP contribution in [0.1, 0.15) is 36.8 Å². The fraction of sp³-hybridized carbons (Fsp3) is 0.333. The third-order valence-electron chi connectivity index (χ3n) is 5.11. The summed E-state index contributed by atoms with van der Waals surface area (Å²) < 4.78 is 39.7. The molecule has 0 spiro atoms. The second-order valence-corrected chi connectivity index (χ2v) is 7.40. The van der Waals surface area contributed by atoms with Gasteiger partial charge in [0.1, 0.15) is 18.0 Å². The Kier molecular flexibility index (Phi) is 5.06. The van der Waals surface area contributed by atoms with Gasteiger partial charge in [-0.1, -0.05) is 12.1 Å². The molecule has 0 aliphatic carbocycles. The first kappa shape index (κ1) is 18.3. The number of para-hydroxylation sites is 1. The highest BCUT2D eigenvalue weighted by Gasteiger charge is 2.24. The third-order valence-corrected chi connectivity index (χ3v) is 5.30. The summed E-state index contributed by atoms with van der Waals surface area (Å²) in [7, 11) is 0. The minimum Gasteiger partial charge on any atom is -0.485 e. The average molecular weight is 392 g/mol. The number of halogens is 3. The molecule has 2 aromatic carbocycles. The summed E-state index contributed by atoms with van der Waals surface area (Å²) in [6.07, 6.45) is 1.85. The number of piperidine rings is 1. The first-order valence-electron chi connectivity index (χ1n) is 9.04. The largest absolute Gasteiger partial charge is 0.485 e. The van der Waals surface area contributed by atoms with E-state index in [1.54, 1.807) is 12.1 Å². The summed E-state index contributed by atoms with van der Waals surface area (Å²) in [4.78, 5) is 0. The molecular weight excluding hydrogens is 372 g/mol. The van der Waals surface area contributed by atoms with Gasteiger partial charge in [0.2, 0.25) is 0 Å².